The molecule has 0 aromatic rings. The van der Waals surface area contributed by atoms with Crippen molar-refractivity contribution in [2.45, 2.75) is 353 Å². The first-order chi connectivity index (χ1) is 38.6. The third-order valence-electron chi connectivity index (χ3n) is 15.2. The number of rotatable bonds is 57. The van der Waals surface area contributed by atoms with Gasteiger partial charge in [-0.05, 0) is 77.0 Å². The predicted molar refractivity (Wildman–Crippen MR) is 322 cm³/mol. The number of unbranched alkanes of at least 4 members (excludes halogenated alkanes) is 37. The third kappa shape index (κ3) is 45.2. The van der Waals surface area contributed by atoms with Crippen LogP contribution >= 0.6 is 0 Å². The predicted octanol–water partition coefficient (Wildman–Crippen LogP) is 17.6. The van der Waals surface area contributed by atoms with Crippen LogP contribution in [0.15, 0.2) is 36.5 Å². The van der Waals surface area contributed by atoms with Crippen LogP contribution in [0.25, 0.3) is 0 Å². The average Bonchev–Trinajstić information content (AvgIpc) is 3.46. The Morgan fingerprint density at radius 1 is 0.418 bits per heavy atom. The maximum absolute atomic E-state index is 13.2. The minimum atomic E-state index is -1.90. The van der Waals surface area contributed by atoms with Crippen LogP contribution in [-0.4, -0.2) is 89.2 Å². The van der Waals surface area contributed by atoms with E-state index in [9.17, 15) is 34.5 Å². The Hall–Kier alpha value is -3.06. The first-order valence-electron chi connectivity index (χ1n) is 33.0. The van der Waals surface area contributed by atoms with Crippen LogP contribution in [0.3, 0.4) is 0 Å². The molecule has 460 valence electrons. The Labute approximate surface area is 482 Å². The van der Waals surface area contributed by atoms with Crippen LogP contribution in [0.1, 0.15) is 316 Å². The number of carbonyl (C=O) groups is 4. The molecule has 12 nitrogen and oxygen atoms in total. The highest BCUT2D eigenvalue weighted by molar-refractivity contribution is 5.74. The topological polar surface area (TPSA) is 175 Å². The molecule has 6 unspecified atom stereocenters. The molecule has 0 spiro atoms. The zero-order valence-electron chi connectivity index (χ0n) is 50.9. The number of ether oxygens (including phenoxy) is 5. The van der Waals surface area contributed by atoms with E-state index in [1.165, 1.54) is 161 Å². The molecule has 6 atom stereocenters. The molecule has 1 fully saturated rings. The minimum absolute atomic E-state index is 0.0571. The molecule has 1 saturated heterocycles. The van der Waals surface area contributed by atoms with Crippen molar-refractivity contribution in [1.82, 2.24) is 0 Å². The third-order valence-corrected chi connectivity index (χ3v) is 15.2. The maximum atomic E-state index is 13.2. The molecule has 1 heterocycles. The standard InChI is InChI=1S/C67H120O12/c1-4-7-10-13-16-19-22-25-28-30-33-35-38-41-44-47-50-53-59(68)75-56-58(77-60(69)54-51-48-45-42-39-36-32-27-24-21-18-15-12-9-6-3)57-76-67-65(63(72)62(71)64(79-67)66(73)74)78-61(70)55-52-49-46-43-40-37-34-31-29-26-23-20-17-14-11-8-5-2/h18,21,26-27,29,32,58,62-65,67,71-72H,4-17,19-20,22-25,28,30-31,33-57H2,1-3H3,(H,73,74)/b21-18-,29-26-,32-27-. The highest BCUT2D eigenvalue weighted by Gasteiger charge is 2.50. The van der Waals surface area contributed by atoms with E-state index in [0.717, 1.165) is 96.3 Å². The minimum Gasteiger partial charge on any atom is -0.479 e. The number of aliphatic carboxylic acids is 1. The van der Waals surface area contributed by atoms with Crippen molar-refractivity contribution in [3.05, 3.63) is 36.5 Å². The summed E-state index contributed by atoms with van der Waals surface area (Å²) in [7, 11) is 0. The van der Waals surface area contributed by atoms with Crippen molar-refractivity contribution in [1.29, 1.82) is 0 Å². The number of allylic oxidation sites excluding steroid dienone is 6. The number of carbonyl (C=O) groups excluding carboxylic acids is 3. The number of hydrogen-bond donors (Lipinski definition) is 3. The first-order valence-corrected chi connectivity index (χ1v) is 33.0. The van der Waals surface area contributed by atoms with E-state index in [2.05, 4.69) is 57.2 Å². The second kappa shape index (κ2) is 55.5. The van der Waals surface area contributed by atoms with Gasteiger partial charge < -0.3 is 39.0 Å². The lowest BCUT2D eigenvalue weighted by Gasteiger charge is -2.40. The zero-order chi connectivity index (χ0) is 57.5. The second-order valence-corrected chi connectivity index (χ2v) is 22.8. The van der Waals surface area contributed by atoms with Crippen LogP contribution in [0.4, 0.5) is 0 Å². The van der Waals surface area contributed by atoms with Crippen molar-refractivity contribution >= 4 is 23.9 Å². The molecular weight excluding hydrogens is 997 g/mol. The summed E-state index contributed by atoms with van der Waals surface area (Å²) in [6.45, 7) is 6.00. The van der Waals surface area contributed by atoms with Crippen molar-refractivity contribution in [3.8, 4) is 0 Å². The Kier molecular flexibility index (Phi) is 51.9. The molecule has 0 bridgehead atoms. The van der Waals surface area contributed by atoms with E-state index < -0.39 is 67.3 Å². The van der Waals surface area contributed by atoms with Crippen LogP contribution in [0.5, 0.6) is 0 Å². The van der Waals surface area contributed by atoms with Gasteiger partial charge in [0.05, 0.1) is 6.61 Å². The smallest absolute Gasteiger partial charge is 0.335 e. The van der Waals surface area contributed by atoms with E-state index in [1.807, 2.05) is 0 Å². The van der Waals surface area contributed by atoms with Gasteiger partial charge in [0.15, 0.2) is 24.6 Å². The van der Waals surface area contributed by atoms with Crippen LogP contribution in [0.2, 0.25) is 0 Å². The lowest BCUT2D eigenvalue weighted by molar-refractivity contribution is -0.301. The SMILES string of the molecule is CCCCC/C=C\C/C=C\CCCCCCCC(=O)OC(COC(=O)CCCCCCCCCCCCCCCCCCC)COC1OC(C(=O)O)C(O)C(O)C1OC(=O)CCCCCCCCC/C=C\CCCCCCCC. The summed E-state index contributed by atoms with van der Waals surface area (Å²) in [6.07, 6.45) is 53.8. The molecule has 0 aromatic heterocycles. The maximum Gasteiger partial charge on any atom is 0.335 e. The first kappa shape index (κ1) is 74.0. The Balaban J connectivity index is 2.65. The number of aliphatic hydroxyl groups is 2. The van der Waals surface area contributed by atoms with Crippen molar-refractivity contribution in [2.24, 2.45) is 0 Å². The molecule has 0 aliphatic carbocycles. The average molecular weight is 1120 g/mol. The van der Waals surface area contributed by atoms with Crippen molar-refractivity contribution in [2.75, 3.05) is 13.2 Å². The molecule has 0 radical (unpaired) electrons. The number of esters is 3. The fraction of sp³-hybridized carbons (Fsp3) is 0.851. The van der Waals surface area contributed by atoms with Gasteiger partial charge in [-0.2, -0.15) is 0 Å². The summed E-state index contributed by atoms with van der Waals surface area (Å²) >= 11 is 0. The number of carboxylic acids is 1. The molecule has 0 aromatic carbocycles. The van der Waals surface area contributed by atoms with Crippen molar-refractivity contribution in [3.63, 3.8) is 0 Å². The molecule has 0 saturated carbocycles. The van der Waals surface area contributed by atoms with Crippen molar-refractivity contribution < 1.29 is 58.2 Å². The van der Waals surface area contributed by atoms with Gasteiger partial charge in [0.2, 0.25) is 0 Å². The normalized spacial score (nSPS) is 18.0. The number of aliphatic hydroxyl groups excluding tert-OH is 2. The quantitative estimate of drug-likeness (QED) is 0.0228. The monoisotopic (exact) mass is 1120 g/mol. The van der Waals surface area contributed by atoms with Crippen LogP contribution < -0.4 is 0 Å². The number of carboxylic acid groups (broad SMARTS) is 1. The van der Waals surface area contributed by atoms with Gasteiger partial charge in [-0.15, -0.1) is 0 Å². The number of hydrogen-bond acceptors (Lipinski definition) is 11. The Morgan fingerprint density at radius 2 is 0.759 bits per heavy atom. The van der Waals surface area contributed by atoms with Gasteiger partial charge in [0, 0.05) is 19.3 Å². The zero-order valence-corrected chi connectivity index (χ0v) is 50.9. The van der Waals surface area contributed by atoms with Crippen LogP contribution in [0, 0.1) is 0 Å². The van der Waals surface area contributed by atoms with Gasteiger partial charge in [-0.3, -0.25) is 14.4 Å². The van der Waals surface area contributed by atoms with E-state index in [0.29, 0.717) is 19.3 Å². The molecular formula is C67H120O12. The Bertz CT molecular complexity index is 1510. The molecule has 79 heavy (non-hydrogen) atoms. The highest BCUT2D eigenvalue weighted by atomic mass is 16.7. The Morgan fingerprint density at radius 3 is 1.18 bits per heavy atom. The summed E-state index contributed by atoms with van der Waals surface area (Å²) in [4.78, 5) is 51.3. The summed E-state index contributed by atoms with van der Waals surface area (Å²) < 4.78 is 28.5. The summed E-state index contributed by atoms with van der Waals surface area (Å²) in [5.74, 6) is -3.11. The lowest BCUT2D eigenvalue weighted by Crippen LogP contribution is -2.61. The molecule has 1 aliphatic rings. The van der Waals surface area contributed by atoms with Gasteiger partial charge in [-0.25, -0.2) is 4.79 Å². The van der Waals surface area contributed by atoms with Gasteiger partial charge in [-0.1, -0.05) is 256 Å². The molecule has 1 aliphatic heterocycles. The molecule has 12 heteroatoms. The van der Waals surface area contributed by atoms with E-state index in [1.54, 1.807) is 0 Å². The summed E-state index contributed by atoms with van der Waals surface area (Å²) in [6, 6.07) is 0. The second-order valence-electron chi connectivity index (χ2n) is 22.8. The fourth-order valence-electron chi connectivity index (χ4n) is 10.1. The van der Waals surface area contributed by atoms with E-state index >= 15 is 0 Å². The summed E-state index contributed by atoms with van der Waals surface area (Å²) in [5.41, 5.74) is 0. The van der Waals surface area contributed by atoms with Gasteiger partial charge in [0.25, 0.3) is 0 Å². The summed E-state index contributed by atoms with van der Waals surface area (Å²) in [5, 5.41) is 31.6. The highest BCUT2D eigenvalue weighted by Crippen LogP contribution is 2.27. The van der Waals surface area contributed by atoms with Gasteiger partial charge in [0.1, 0.15) is 18.8 Å². The van der Waals surface area contributed by atoms with E-state index in [-0.39, 0.29) is 25.9 Å². The molecule has 1 rings (SSSR count). The fourth-order valence-corrected chi connectivity index (χ4v) is 10.1. The van der Waals surface area contributed by atoms with E-state index in [4.69, 9.17) is 23.7 Å². The lowest BCUT2D eigenvalue weighted by atomic mass is 9.98. The molecule has 0 amide bonds. The largest absolute Gasteiger partial charge is 0.479 e. The van der Waals surface area contributed by atoms with Crippen LogP contribution in [-0.2, 0) is 42.9 Å². The molecule has 3 N–H and O–H groups in total. The van der Waals surface area contributed by atoms with Gasteiger partial charge >= 0.3 is 23.9 Å².